The van der Waals surface area contributed by atoms with Gasteiger partial charge in [0.1, 0.15) is 28.3 Å². The first-order chi connectivity index (χ1) is 19.2. The molecule has 1 aromatic carbocycles. The molecular weight excluding hydrogens is 560 g/mol. The number of benzene rings is 1. The lowest BCUT2D eigenvalue weighted by atomic mass is 9.86. The van der Waals surface area contributed by atoms with E-state index in [0.717, 1.165) is 10.1 Å². The quantitative estimate of drug-likeness (QED) is 0.379. The second-order valence-corrected chi connectivity index (χ2v) is 13.1. The van der Waals surface area contributed by atoms with Crippen LogP contribution in [0.5, 0.6) is 5.75 Å². The molecule has 1 atom stereocenters. The molecule has 1 aliphatic carbocycles. The third-order valence-electron chi connectivity index (χ3n) is 7.26. The highest BCUT2D eigenvalue weighted by Gasteiger charge is 2.31. The largest absolute Gasteiger partial charge is 0.495 e. The highest BCUT2D eigenvalue weighted by molar-refractivity contribution is 7.91. The summed E-state index contributed by atoms with van der Waals surface area (Å²) in [6, 6.07) is 8.84. The van der Waals surface area contributed by atoms with Gasteiger partial charge >= 0.3 is 6.18 Å². The second kappa shape index (κ2) is 11.7. The van der Waals surface area contributed by atoms with Crippen LogP contribution in [0.2, 0.25) is 0 Å². The van der Waals surface area contributed by atoms with E-state index >= 15 is 0 Å². The Hall–Kier alpha value is -3.64. The van der Waals surface area contributed by atoms with Crippen LogP contribution in [0.15, 0.2) is 24.3 Å². The van der Waals surface area contributed by atoms with Crippen molar-refractivity contribution in [3.63, 3.8) is 0 Å². The fourth-order valence-electron chi connectivity index (χ4n) is 4.96. The Morgan fingerprint density at radius 1 is 1.17 bits per heavy atom. The number of ether oxygens (including phenoxy) is 1. The summed E-state index contributed by atoms with van der Waals surface area (Å²) >= 11 is 0. The molecule has 2 heterocycles. The van der Waals surface area contributed by atoms with Crippen LogP contribution in [0.4, 0.5) is 23.2 Å². The van der Waals surface area contributed by atoms with Crippen molar-refractivity contribution in [1.29, 1.82) is 5.26 Å². The number of aromatic nitrogens is 1. The molecule has 1 fully saturated rings. The Kier molecular flexibility index (Phi) is 8.65. The van der Waals surface area contributed by atoms with Crippen molar-refractivity contribution in [3.8, 4) is 23.7 Å². The summed E-state index contributed by atoms with van der Waals surface area (Å²) in [5.74, 6) is 6.17. The smallest absolute Gasteiger partial charge is 0.406 e. The van der Waals surface area contributed by atoms with Crippen LogP contribution in [-0.2, 0) is 21.8 Å². The Balaban J connectivity index is 1.63. The van der Waals surface area contributed by atoms with Crippen molar-refractivity contribution < 1.29 is 30.7 Å². The first-order valence-electron chi connectivity index (χ1n) is 13.2. The number of fused-ring (bicyclic) bond motifs is 1. The predicted octanol–water partition coefficient (Wildman–Crippen LogP) is 3.12. The average molecular weight is 593 g/mol. The van der Waals surface area contributed by atoms with Gasteiger partial charge in [-0.05, 0) is 62.4 Å². The molecule has 1 aliphatic heterocycles. The number of hydrogen-bond acceptors (Lipinski definition) is 6. The Morgan fingerprint density at radius 2 is 1.88 bits per heavy atom. The molecule has 2 aromatic rings. The SMILES string of the molecule is COc1cc(C(C)(C)C#N)ccc1NCC#Cc1cc2c(n1CC(F)(F)F)=CC(F)CC=2NC1CCS(=O)(=O)CC1. The van der Waals surface area contributed by atoms with E-state index in [2.05, 4.69) is 28.5 Å². The summed E-state index contributed by atoms with van der Waals surface area (Å²) in [6.07, 6.45) is -4.22. The number of alkyl halides is 4. The molecule has 1 saturated heterocycles. The number of nitrogens with one attached hydrogen (secondary N) is 2. The lowest BCUT2D eigenvalue weighted by Gasteiger charge is -2.26. The molecule has 0 saturated carbocycles. The standard InChI is InChI=1S/C29H32F4N4O3S/c1-28(2,17-34)19-6-7-24(27(13-19)40-3)35-10-4-5-22-16-23-25(36-21-8-11-41(38,39)12-9-21)14-20(30)15-26(23)37(22)18-29(31,32)33/h6-7,13,15-16,20-21,35-36H,8-12,14,18H2,1-3H3. The van der Waals surface area contributed by atoms with Crippen molar-refractivity contribution in [2.24, 2.45) is 0 Å². The molecular formula is C29H32F4N4O3S. The van der Waals surface area contributed by atoms with Crippen molar-refractivity contribution in [2.75, 3.05) is 30.5 Å². The van der Waals surface area contributed by atoms with Gasteiger partial charge in [-0.2, -0.15) is 18.4 Å². The van der Waals surface area contributed by atoms with Gasteiger partial charge in [-0.15, -0.1) is 0 Å². The van der Waals surface area contributed by atoms with Gasteiger partial charge in [0, 0.05) is 28.7 Å². The number of methoxy groups -OCH3 is 1. The molecule has 1 aromatic heterocycles. The molecule has 0 radical (unpaired) electrons. The van der Waals surface area contributed by atoms with E-state index in [9.17, 15) is 31.2 Å². The molecule has 7 nitrogen and oxygen atoms in total. The van der Waals surface area contributed by atoms with Crippen LogP contribution in [-0.4, -0.2) is 56.5 Å². The maximum absolute atomic E-state index is 14.7. The summed E-state index contributed by atoms with van der Waals surface area (Å²) in [7, 11) is -1.61. The number of nitriles is 1. The van der Waals surface area contributed by atoms with Crippen molar-refractivity contribution in [3.05, 3.63) is 46.1 Å². The topological polar surface area (TPSA) is 96.2 Å². The van der Waals surface area contributed by atoms with Crippen LogP contribution in [0.3, 0.4) is 0 Å². The van der Waals surface area contributed by atoms with Gasteiger partial charge in [0.05, 0.1) is 48.0 Å². The van der Waals surface area contributed by atoms with Gasteiger partial charge in [0.2, 0.25) is 0 Å². The van der Waals surface area contributed by atoms with Gasteiger partial charge in [-0.3, -0.25) is 0 Å². The Morgan fingerprint density at radius 3 is 2.51 bits per heavy atom. The summed E-state index contributed by atoms with van der Waals surface area (Å²) in [4.78, 5) is 0. The summed E-state index contributed by atoms with van der Waals surface area (Å²) in [6.45, 7) is 2.33. The molecule has 2 N–H and O–H groups in total. The highest BCUT2D eigenvalue weighted by atomic mass is 32.2. The normalized spacial score (nSPS) is 18.8. The fourth-order valence-corrected chi connectivity index (χ4v) is 6.45. The van der Waals surface area contributed by atoms with E-state index in [1.54, 1.807) is 32.0 Å². The van der Waals surface area contributed by atoms with Gasteiger partial charge in [0.15, 0.2) is 0 Å². The van der Waals surface area contributed by atoms with Crippen molar-refractivity contribution in [1.82, 2.24) is 9.88 Å². The number of halogens is 4. The fraction of sp³-hybridized carbons (Fsp3) is 0.483. The van der Waals surface area contributed by atoms with Gasteiger partial charge in [-0.25, -0.2) is 12.8 Å². The van der Waals surface area contributed by atoms with E-state index in [1.165, 1.54) is 19.3 Å². The van der Waals surface area contributed by atoms with E-state index in [1.807, 2.05) is 0 Å². The summed E-state index contributed by atoms with van der Waals surface area (Å²) < 4.78 is 85.3. The zero-order valence-electron chi connectivity index (χ0n) is 23.0. The molecule has 0 bridgehead atoms. The molecule has 12 heteroatoms. The van der Waals surface area contributed by atoms with Gasteiger partial charge in [0.25, 0.3) is 0 Å². The lowest BCUT2D eigenvalue weighted by molar-refractivity contribution is -0.141. The minimum atomic E-state index is -4.56. The molecule has 1 unspecified atom stereocenters. The van der Waals surface area contributed by atoms with E-state index < -0.39 is 34.1 Å². The first kappa shape index (κ1) is 30.3. The first-order valence-corrected chi connectivity index (χ1v) is 15.0. The monoisotopic (exact) mass is 592 g/mol. The maximum atomic E-state index is 14.7. The van der Waals surface area contributed by atoms with Gasteiger partial charge in [-0.1, -0.05) is 12.0 Å². The number of sulfone groups is 1. The molecule has 220 valence electrons. The van der Waals surface area contributed by atoms with Crippen molar-refractivity contribution >= 4 is 27.3 Å². The summed E-state index contributed by atoms with van der Waals surface area (Å²) in [5, 5.41) is 16.2. The highest BCUT2D eigenvalue weighted by Crippen LogP contribution is 2.31. The summed E-state index contributed by atoms with van der Waals surface area (Å²) in [5.41, 5.74) is 1.19. The number of hydrogen-bond donors (Lipinski definition) is 2. The molecule has 4 rings (SSSR count). The Bertz CT molecular complexity index is 1630. The minimum absolute atomic E-state index is 0.0123. The average Bonchev–Trinajstić information content (AvgIpc) is 3.23. The number of rotatable bonds is 7. The molecule has 0 amide bonds. The number of nitrogens with zero attached hydrogens (tertiary/aromatic N) is 2. The van der Waals surface area contributed by atoms with Gasteiger partial charge < -0.3 is 19.9 Å². The molecule has 41 heavy (non-hydrogen) atoms. The zero-order chi connectivity index (χ0) is 30.0. The van der Waals surface area contributed by atoms with Crippen LogP contribution in [0, 0.1) is 23.2 Å². The van der Waals surface area contributed by atoms with Crippen LogP contribution < -0.4 is 25.9 Å². The second-order valence-electron chi connectivity index (χ2n) is 10.8. The van der Waals surface area contributed by atoms with Crippen molar-refractivity contribution in [2.45, 2.75) is 63.5 Å². The minimum Gasteiger partial charge on any atom is -0.495 e. The van der Waals surface area contributed by atoms with E-state index in [0.29, 0.717) is 35.2 Å². The third-order valence-corrected chi connectivity index (χ3v) is 8.97. The maximum Gasteiger partial charge on any atom is 0.406 e. The lowest BCUT2D eigenvalue weighted by Crippen LogP contribution is -2.44. The zero-order valence-corrected chi connectivity index (χ0v) is 23.8. The molecule has 2 aliphatic rings. The van der Waals surface area contributed by atoms with E-state index in [4.69, 9.17) is 4.74 Å². The van der Waals surface area contributed by atoms with Crippen LogP contribution in [0.25, 0.3) is 11.8 Å². The Labute approximate surface area is 236 Å². The van der Waals surface area contributed by atoms with E-state index in [-0.39, 0.29) is 41.6 Å². The number of anilines is 1. The molecule has 0 spiro atoms. The van der Waals surface area contributed by atoms with Crippen LogP contribution >= 0.6 is 0 Å². The third kappa shape index (κ3) is 7.36. The predicted molar refractivity (Wildman–Crippen MR) is 149 cm³/mol. The van der Waals surface area contributed by atoms with Crippen LogP contribution in [0.1, 0.15) is 44.4 Å².